The number of alkyl halides is 6. The average molecular weight is 521 g/mol. The van der Waals surface area contributed by atoms with Gasteiger partial charge in [0.2, 0.25) is 0 Å². The Balaban J connectivity index is 2.20. The molecular weight excluding hydrogens is 496 g/mol. The number of ether oxygens (including phenoxy) is 3. The summed E-state index contributed by atoms with van der Waals surface area (Å²) in [5, 5.41) is 11.2. The molecule has 36 heavy (non-hydrogen) atoms. The maximum Gasteiger partial charge on any atom is 0.416 e. The number of fused-ring (bicyclic) bond motifs is 1. The molecule has 1 amide bonds. The summed E-state index contributed by atoms with van der Waals surface area (Å²) < 4.78 is 96.1. The molecular formula is C24H25F6NO5. The Morgan fingerprint density at radius 1 is 1.00 bits per heavy atom. The second kappa shape index (κ2) is 10.1. The smallest absolute Gasteiger partial charge is 0.416 e. The lowest BCUT2D eigenvalue weighted by Gasteiger charge is -2.40. The van der Waals surface area contributed by atoms with Crippen LogP contribution in [0.1, 0.15) is 54.5 Å². The fourth-order valence-corrected chi connectivity index (χ4v) is 4.38. The summed E-state index contributed by atoms with van der Waals surface area (Å²) in [6, 6.07) is 3.28. The summed E-state index contributed by atoms with van der Waals surface area (Å²) in [5.41, 5.74) is -3.11. The highest BCUT2D eigenvalue weighted by Gasteiger charge is 2.42. The number of methoxy groups -OCH3 is 2. The van der Waals surface area contributed by atoms with Gasteiger partial charge in [0.15, 0.2) is 11.5 Å². The highest BCUT2D eigenvalue weighted by atomic mass is 19.4. The van der Waals surface area contributed by atoms with E-state index in [2.05, 4.69) is 0 Å². The topological polar surface area (TPSA) is 68.2 Å². The molecule has 1 heterocycles. The molecule has 1 aliphatic heterocycles. The monoisotopic (exact) mass is 521 g/mol. The van der Waals surface area contributed by atoms with E-state index in [0.29, 0.717) is 12.1 Å². The lowest BCUT2D eigenvalue weighted by Crippen LogP contribution is -2.44. The molecule has 0 unspecified atom stereocenters. The van der Waals surface area contributed by atoms with Gasteiger partial charge in [0.25, 0.3) is 0 Å². The largest absolute Gasteiger partial charge is 0.493 e. The van der Waals surface area contributed by atoms with Gasteiger partial charge >= 0.3 is 18.4 Å². The average Bonchev–Trinajstić information content (AvgIpc) is 2.80. The van der Waals surface area contributed by atoms with Crippen molar-refractivity contribution in [3.63, 3.8) is 0 Å². The third-order valence-corrected chi connectivity index (χ3v) is 6.02. The summed E-state index contributed by atoms with van der Waals surface area (Å²) in [6.07, 6.45) is -12.6. The van der Waals surface area contributed by atoms with Gasteiger partial charge in [-0.1, -0.05) is 0 Å². The van der Waals surface area contributed by atoms with Crippen LogP contribution >= 0.6 is 0 Å². The van der Waals surface area contributed by atoms with Crippen LogP contribution in [0.5, 0.6) is 11.5 Å². The van der Waals surface area contributed by atoms with Crippen LogP contribution < -0.4 is 14.4 Å². The van der Waals surface area contributed by atoms with Gasteiger partial charge in [-0.3, -0.25) is 4.90 Å². The molecule has 0 bridgehead atoms. The number of nitrogens with zero attached hydrogens (tertiary/aromatic N) is 1. The van der Waals surface area contributed by atoms with Gasteiger partial charge in [-0.25, -0.2) is 4.79 Å². The summed E-state index contributed by atoms with van der Waals surface area (Å²) in [7, 11) is 2.70. The maximum absolute atomic E-state index is 13.4. The van der Waals surface area contributed by atoms with Crippen LogP contribution in [0.2, 0.25) is 0 Å². The lowest BCUT2D eigenvalue weighted by molar-refractivity contribution is -0.143. The molecule has 3 rings (SSSR count). The predicted molar refractivity (Wildman–Crippen MR) is 117 cm³/mol. The van der Waals surface area contributed by atoms with Gasteiger partial charge in [0.1, 0.15) is 0 Å². The zero-order valence-corrected chi connectivity index (χ0v) is 19.8. The van der Waals surface area contributed by atoms with Crippen molar-refractivity contribution < 1.29 is 50.5 Å². The summed E-state index contributed by atoms with van der Waals surface area (Å²) in [4.78, 5) is 14.0. The molecule has 1 N–H and O–H groups in total. The van der Waals surface area contributed by atoms with Gasteiger partial charge in [0.05, 0.1) is 43.7 Å². The lowest BCUT2D eigenvalue weighted by atomic mass is 9.79. The van der Waals surface area contributed by atoms with Gasteiger partial charge in [-0.2, -0.15) is 26.3 Å². The Kier molecular flexibility index (Phi) is 7.68. The van der Waals surface area contributed by atoms with Crippen LogP contribution in [0.25, 0.3) is 0 Å². The molecule has 3 atom stereocenters. The summed E-state index contributed by atoms with van der Waals surface area (Å²) in [6.45, 7) is 3.31. The number of hydrogen-bond acceptors (Lipinski definition) is 5. The molecule has 0 aliphatic carbocycles. The normalized spacial score (nSPS) is 18.9. The third kappa shape index (κ3) is 5.32. The first kappa shape index (κ1) is 27.4. The Bertz CT molecular complexity index is 1090. The van der Waals surface area contributed by atoms with Crippen LogP contribution in [0.15, 0.2) is 30.3 Å². The molecule has 0 fully saturated rings. The number of anilines is 1. The van der Waals surface area contributed by atoms with Crippen molar-refractivity contribution in [2.45, 2.75) is 50.7 Å². The molecule has 6 nitrogen and oxygen atoms in total. The molecule has 2 aromatic rings. The van der Waals surface area contributed by atoms with E-state index in [1.807, 2.05) is 0 Å². The van der Waals surface area contributed by atoms with Crippen LogP contribution in [-0.4, -0.2) is 38.1 Å². The highest BCUT2D eigenvalue weighted by molar-refractivity contribution is 5.91. The van der Waals surface area contributed by atoms with Crippen molar-refractivity contribution in [3.8, 4) is 11.5 Å². The Morgan fingerprint density at radius 2 is 1.53 bits per heavy atom. The SMILES string of the molecule is CCOC(=O)N1c2cc(OC)c(OC)cc2[C@@H]([C@H](O)c2cc(C(F)(F)F)cc(C(F)(F)F)c2)C[C@@H]1C. The van der Waals surface area contributed by atoms with Crippen molar-refractivity contribution in [2.24, 2.45) is 0 Å². The van der Waals surface area contributed by atoms with Crippen molar-refractivity contribution in [3.05, 3.63) is 52.6 Å². The number of carbonyl (C=O) groups is 1. The minimum absolute atomic E-state index is 0.00401. The van der Waals surface area contributed by atoms with Gasteiger partial charge < -0.3 is 19.3 Å². The van der Waals surface area contributed by atoms with E-state index in [4.69, 9.17) is 14.2 Å². The predicted octanol–water partition coefficient (Wildman–Crippen LogP) is 6.31. The number of benzene rings is 2. The minimum Gasteiger partial charge on any atom is -0.493 e. The second-order valence-corrected chi connectivity index (χ2v) is 8.31. The first-order valence-corrected chi connectivity index (χ1v) is 10.9. The quantitative estimate of drug-likeness (QED) is 0.467. The summed E-state index contributed by atoms with van der Waals surface area (Å²) >= 11 is 0. The fraction of sp³-hybridized carbons (Fsp3) is 0.458. The van der Waals surface area contributed by atoms with Gasteiger partial charge in [-0.05, 0) is 55.7 Å². The third-order valence-electron chi connectivity index (χ3n) is 6.02. The van der Waals surface area contributed by atoms with E-state index < -0.39 is 53.2 Å². The molecule has 198 valence electrons. The zero-order valence-electron chi connectivity index (χ0n) is 19.8. The van der Waals surface area contributed by atoms with E-state index in [0.717, 1.165) is 0 Å². The van der Waals surface area contributed by atoms with E-state index in [1.165, 1.54) is 31.3 Å². The number of aliphatic hydroxyl groups is 1. The van der Waals surface area contributed by atoms with Crippen molar-refractivity contribution in [2.75, 3.05) is 25.7 Å². The van der Waals surface area contributed by atoms with Gasteiger partial charge in [0, 0.05) is 18.0 Å². The molecule has 0 saturated heterocycles. The standard InChI is InChI=1S/C24H25F6NO5/c1-5-36-22(33)31-12(2)6-17(16-10-19(34-3)20(35-4)11-18(16)31)21(32)13-7-14(23(25,26)27)9-15(8-13)24(28,29)30/h7-12,17,21,32H,5-6H2,1-4H3/t12-,17-,21+/m0/s1. The highest BCUT2D eigenvalue weighted by Crippen LogP contribution is 2.49. The molecule has 0 radical (unpaired) electrons. The molecule has 0 spiro atoms. The number of rotatable bonds is 5. The van der Waals surface area contributed by atoms with Crippen LogP contribution in [0.4, 0.5) is 36.8 Å². The Labute approximate surface area is 203 Å². The molecule has 1 aliphatic rings. The fourth-order valence-electron chi connectivity index (χ4n) is 4.38. The number of carbonyl (C=O) groups excluding carboxylic acids is 1. The van der Waals surface area contributed by atoms with Crippen LogP contribution in [-0.2, 0) is 17.1 Å². The number of amides is 1. The van der Waals surface area contributed by atoms with Crippen molar-refractivity contribution in [1.29, 1.82) is 0 Å². The molecule has 0 aromatic heterocycles. The van der Waals surface area contributed by atoms with E-state index in [1.54, 1.807) is 13.8 Å². The second-order valence-electron chi connectivity index (χ2n) is 8.31. The first-order chi connectivity index (χ1) is 16.7. The van der Waals surface area contributed by atoms with Crippen molar-refractivity contribution >= 4 is 11.8 Å². The van der Waals surface area contributed by atoms with Gasteiger partial charge in [-0.15, -0.1) is 0 Å². The van der Waals surface area contributed by atoms with Crippen molar-refractivity contribution in [1.82, 2.24) is 0 Å². The Hall–Kier alpha value is -3.15. The van der Waals surface area contributed by atoms with E-state index >= 15 is 0 Å². The molecule has 0 saturated carbocycles. The maximum atomic E-state index is 13.4. The van der Waals surface area contributed by atoms with Crippen LogP contribution in [0.3, 0.4) is 0 Å². The number of hydrogen-bond donors (Lipinski definition) is 1. The van der Waals surface area contributed by atoms with E-state index in [-0.39, 0.29) is 41.8 Å². The Morgan fingerprint density at radius 3 is 2.00 bits per heavy atom. The van der Waals surface area contributed by atoms with E-state index in [9.17, 15) is 36.2 Å². The molecule has 2 aromatic carbocycles. The zero-order chi connectivity index (χ0) is 27.0. The number of halogens is 6. The number of aliphatic hydroxyl groups excluding tert-OH is 1. The summed E-state index contributed by atoms with van der Waals surface area (Å²) in [5.74, 6) is -0.553. The minimum atomic E-state index is -5.06. The first-order valence-electron chi connectivity index (χ1n) is 10.9. The molecule has 12 heteroatoms. The van der Waals surface area contributed by atoms with Crippen LogP contribution in [0, 0.1) is 0 Å².